The summed E-state index contributed by atoms with van der Waals surface area (Å²) in [6, 6.07) is 13.2. The molecule has 2 aromatic rings. The van der Waals surface area contributed by atoms with E-state index in [1.165, 1.54) is 7.11 Å². The summed E-state index contributed by atoms with van der Waals surface area (Å²) in [7, 11) is -2.13. The molecule has 2 rings (SSSR count). The number of hydrogen-bond acceptors (Lipinski definition) is 5. The van der Waals surface area contributed by atoms with Gasteiger partial charge in [0.1, 0.15) is 24.1 Å². The molecule has 152 valence electrons. The highest BCUT2D eigenvalue weighted by Crippen LogP contribution is 2.23. The number of para-hydroxylation sites is 1. The van der Waals surface area contributed by atoms with Crippen LogP contribution in [0.3, 0.4) is 0 Å². The summed E-state index contributed by atoms with van der Waals surface area (Å²) in [5.41, 5.74) is 1.40. The van der Waals surface area contributed by atoms with Crippen LogP contribution in [0.5, 0.6) is 11.5 Å². The van der Waals surface area contributed by atoms with Crippen LogP contribution in [0.2, 0.25) is 0 Å². The van der Waals surface area contributed by atoms with Crippen molar-refractivity contribution in [3.8, 4) is 11.5 Å². The zero-order chi connectivity index (χ0) is 20.7. The summed E-state index contributed by atoms with van der Waals surface area (Å²) in [5.74, 6) is 0.943. The van der Waals surface area contributed by atoms with Crippen LogP contribution in [-0.2, 0) is 14.8 Å². The molecule has 0 aliphatic rings. The van der Waals surface area contributed by atoms with E-state index in [2.05, 4.69) is 5.32 Å². The van der Waals surface area contributed by atoms with E-state index in [1.54, 1.807) is 31.2 Å². The summed E-state index contributed by atoms with van der Waals surface area (Å²) in [6.07, 6.45) is 1.07. The molecule has 1 atom stereocenters. The van der Waals surface area contributed by atoms with Crippen LogP contribution >= 0.6 is 0 Å². The fourth-order valence-electron chi connectivity index (χ4n) is 2.74. The molecule has 0 heterocycles. The van der Waals surface area contributed by atoms with Crippen molar-refractivity contribution < 1.29 is 22.7 Å². The molecule has 0 unspecified atom stereocenters. The van der Waals surface area contributed by atoms with Gasteiger partial charge in [0.2, 0.25) is 15.9 Å². The van der Waals surface area contributed by atoms with Gasteiger partial charge in [-0.15, -0.1) is 0 Å². The maximum atomic E-state index is 12.5. The monoisotopic (exact) mass is 406 g/mol. The first-order valence-electron chi connectivity index (χ1n) is 8.83. The van der Waals surface area contributed by atoms with Gasteiger partial charge in [-0.3, -0.25) is 9.10 Å². The molecule has 0 radical (unpaired) electrons. The molecule has 8 heteroatoms. The summed E-state index contributed by atoms with van der Waals surface area (Å²) in [6.45, 7) is 4.03. The van der Waals surface area contributed by atoms with Crippen molar-refractivity contribution in [2.24, 2.45) is 0 Å². The highest BCUT2D eigenvalue weighted by molar-refractivity contribution is 7.92. The van der Waals surface area contributed by atoms with Crippen molar-refractivity contribution in [1.29, 1.82) is 0 Å². The topological polar surface area (TPSA) is 84.9 Å². The van der Waals surface area contributed by atoms with Gasteiger partial charge in [-0.1, -0.05) is 18.2 Å². The van der Waals surface area contributed by atoms with Gasteiger partial charge in [-0.2, -0.15) is 0 Å². The number of nitrogens with zero attached hydrogens (tertiary/aromatic N) is 1. The van der Waals surface area contributed by atoms with Crippen LogP contribution in [0.25, 0.3) is 0 Å². The Labute approximate surface area is 166 Å². The van der Waals surface area contributed by atoms with Crippen LogP contribution in [0.1, 0.15) is 12.5 Å². The highest BCUT2D eigenvalue weighted by atomic mass is 32.2. The first-order chi connectivity index (χ1) is 13.2. The van der Waals surface area contributed by atoms with E-state index in [-0.39, 0.29) is 13.2 Å². The third-order valence-corrected chi connectivity index (χ3v) is 5.41. The zero-order valence-corrected chi connectivity index (χ0v) is 17.3. The van der Waals surface area contributed by atoms with E-state index < -0.39 is 22.0 Å². The van der Waals surface area contributed by atoms with Gasteiger partial charge in [-0.05, 0) is 49.7 Å². The third kappa shape index (κ3) is 5.63. The van der Waals surface area contributed by atoms with E-state index >= 15 is 0 Å². The Morgan fingerprint density at radius 3 is 2.36 bits per heavy atom. The van der Waals surface area contributed by atoms with Crippen LogP contribution in [0.15, 0.2) is 48.5 Å². The van der Waals surface area contributed by atoms with E-state index in [9.17, 15) is 13.2 Å². The smallest absolute Gasteiger partial charge is 0.243 e. The van der Waals surface area contributed by atoms with Gasteiger partial charge in [0.25, 0.3) is 0 Å². The van der Waals surface area contributed by atoms with Crippen LogP contribution in [0.4, 0.5) is 5.69 Å². The number of sulfonamides is 1. The molecular formula is C20H26N2O5S. The molecule has 0 bridgehead atoms. The number of nitrogens with one attached hydrogen (secondary N) is 1. The number of carbonyl (C=O) groups is 1. The van der Waals surface area contributed by atoms with Crippen LogP contribution < -0.4 is 19.1 Å². The van der Waals surface area contributed by atoms with Crippen molar-refractivity contribution in [2.75, 3.05) is 30.8 Å². The normalized spacial score (nSPS) is 12.1. The maximum absolute atomic E-state index is 12.5. The molecule has 0 fully saturated rings. The lowest BCUT2D eigenvalue weighted by atomic mass is 10.2. The van der Waals surface area contributed by atoms with Crippen molar-refractivity contribution in [2.45, 2.75) is 19.9 Å². The minimum absolute atomic E-state index is 0.262. The second-order valence-electron chi connectivity index (χ2n) is 6.34. The van der Waals surface area contributed by atoms with Crippen LogP contribution in [-0.4, -0.2) is 46.9 Å². The Hall–Kier alpha value is -2.74. The van der Waals surface area contributed by atoms with Gasteiger partial charge >= 0.3 is 0 Å². The average Bonchev–Trinajstić information content (AvgIpc) is 2.66. The molecular weight excluding hydrogens is 380 g/mol. The molecule has 1 N–H and O–H groups in total. The van der Waals surface area contributed by atoms with E-state index in [0.717, 1.165) is 21.9 Å². The molecule has 0 aliphatic carbocycles. The number of anilines is 1. The number of benzene rings is 2. The molecule has 1 amide bonds. The fourth-order valence-corrected chi connectivity index (χ4v) is 3.91. The number of ether oxygens (including phenoxy) is 2. The predicted octanol–water partition coefficient (Wildman–Crippen LogP) is 2.35. The van der Waals surface area contributed by atoms with Crippen molar-refractivity contribution >= 4 is 21.6 Å². The van der Waals surface area contributed by atoms with E-state index in [4.69, 9.17) is 9.47 Å². The maximum Gasteiger partial charge on any atom is 0.243 e. The number of amides is 1. The molecule has 0 saturated carbocycles. The summed E-state index contributed by atoms with van der Waals surface area (Å²) in [5, 5.41) is 2.72. The standard InChI is InChI=1S/C20H26N2O5S/c1-15-7-5-6-8-19(15)27-14-13-21-20(23)16(2)22(28(4,24)25)17-9-11-18(26-3)12-10-17/h5-12,16H,13-14H2,1-4H3,(H,21,23)/t16-/m1/s1. The van der Waals surface area contributed by atoms with Gasteiger partial charge < -0.3 is 14.8 Å². The minimum atomic E-state index is -3.66. The molecule has 0 aliphatic heterocycles. The van der Waals surface area contributed by atoms with Crippen molar-refractivity contribution in [1.82, 2.24) is 5.32 Å². The number of carbonyl (C=O) groups excluding carboxylic acids is 1. The molecule has 0 saturated heterocycles. The molecule has 0 spiro atoms. The van der Waals surface area contributed by atoms with Crippen molar-refractivity contribution in [3.63, 3.8) is 0 Å². The highest BCUT2D eigenvalue weighted by Gasteiger charge is 2.28. The van der Waals surface area contributed by atoms with Gasteiger partial charge in [-0.25, -0.2) is 8.42 Å². The molecule has 7 nitrogen and oxygen atoms in total. The molecule has 0 aromatic heterocycles. The predicted molar refractivity (Wildman–Crippen MR) is 109 cm³/mol. The second-order valence-corrected chi connectivity index (χ2v) is 8.20. The Morgan fingerprint density at radius 1 is 1.14 bits per heavy atom. The Bertz CT molecular complexity index is 897. The molecule has 2 aromatic carbocycles. The number of methoxy groups -OCH3 is 1. The minimum Gasteiger partial charge on any atom is -0.497 e. The lowest BCUT2D eigenvalue weighted by molar-refractivity contribution is -0.121. The van der Waals surface area contributed by atoms with Gasteiger partial charge in [0.05, 0.1) is 25.6 Å². The lowest BCUT2D eigenvalue weighted by Gasteiger charge is -2.28. The molecule has 28 heavy (non-hydrogen) atoms. The fraction of sp³-hybridized carbons (Fsp3) is 0.350. The summed E-state index contributed by atoms with van der Waals surface area (Å²) < 4.78 is 36.4. The van der Waals surface area contributed by atoms with Crippen LogP contribution in [0, 0.1) is 6.92 Å². The van der Waals surface area contributed by atoms with Crippen molar-refractivity contribution in [3.05, 3.63) is 54.1 Å². The number of hydrogen-bond donors (Lipinski definition) is 1. The largest absolute Gasteiger partial charge is 0.497 e. The third-order valence-electron chi connectivity index (χ3n) is 4.17. The summed E-state index contributed by atoms with van der Waals surface area (Å²) >= 11 is 0. The van der Waals surface area contributed by atoms with Gasteiger partial charge in [0, 0.05) is 0 Å². The second kappa shape index (κ2) is 9.45. The van der Waals surface area contributed by atoms with E-state index in [0.29, 0.717) is 11.4 Å². The quantitative estimate of drug-likeness (QED) is 0.646. The first kappa shape index (κ1) is 21.6. The number of aryl methyl sites for hydroxylation is 1. The number of rotatable bonds is 9. The SMILES string of the molecule is COc1ccc(N([C@H](C)C(=O)NCCOc2ccccc2C)S(C)(=O)=O)cc1. The van der Waals surface area contributed by atoms with E-state index in [1.807, 2.05) is 31.2 Å². The van der Waals surface area contributed by atoms with Gasteiger partial charge in [0.15, 0.2) is 0 Å². The zero-order valence-electron chi connectivity index (χ0n) is 16.5. The Balaban J connectivity index is 2.00. The Kier molecular flexibility index (Phi) is 7.28. The summed E-state index contributed by atoms with van der Waals surface area (Å²) in [4.78, 5) is 12.5. The average molecular weight is 407 g/mol. The Morgan fingerprint density at radius 2 is 1.79 bits per heavy atom. The lowest BCUT2D eigenvalue weighted by Crippen LogP contribution is -2.48. The first-order valence-corrected chi connectivity index (χ1v) is 10.7.